The molecule has 0 aromatic carbocycles. The molecule has 0 fully saturated rings. The molecule has 18 heteroatoms. The third-order valence-corrected chi connectivity index (χ3v) is 8.71. The lowest BCUT2D eigenvalue weighted by atomic mass is 10.1. The fourth-order valence-corrected chi connectivity index (χ4v) is 6.30. The van der Waals surface area contributed by atoms with Crippen LogP contribution in [-0.2, 0) is 20.0 Å². The Morgan fingerprint density at radius 2 is 1.63 bits per heavy atom. The zero-order valence-corrected chi connectivity index (χ0v) is 20.8. The Labute approximate surface area is 215 Å². The summed E-state index contributed by atoms with van der Waals surface area (Å²) in [6, 6.07) is -0.448. The molecule has 0 radical (unpaired) electrons. The number of pyridine rings is 1. The summed E-state index contributed by atoms with van der Waals surface area (Å²) in [5.41, 5.74) is 0.362. The van der Waals surface area contributed by atoms with Crippen molar-refractivity contribution in [2.75, 3.05) is 26.4 Å². The maximum Gasteiger partial charge on any atom is 0.258 e. The molecule has 38 heavy (non-hydrogen) atoms. The molecule has 0 aliphatic carbocycles. The molecule has 3 aromatic heterocycles. The lowest BCUT2D eigenvalue weighted by Gasteiger charge is -2.17. The van der Waals surface area contributed by atoms with E-state index in [1.165, 1.54) is 18.5 Å². The van der Waals surface area contributed by atoms with E-state index >= 15 is 0 Å². The van der Waals surface area contributed by atoms with Gasteiger partial charge in [-0.15, -0.1) is 0 Å². The molecule has 2 unspecified atom stereocenters. The van der Waals surface area contributed by atoms with E-state index in [-0.39, 0.29) is 65.2 Å². The predicted octanol–water partition coefficient (Wildman–Crippen LogP) is -1.39. The number of hydrogen-bond acceptors (Lipinski definition) is 13. The lowest BCUT2D eigenvalue weighted by molar-refractivity contribution is 0.0938. The molecule has 1 amide bonds. The van der Waals surface area contributed by atoms with Crippen LogP contribution in [0.1, 0.15) is 33.8 Å². The predicted molar refractivity (Wildman–Crippen MR) is 123 cm³/mol. The van der Waals surface area contributed by atoms with Crippen molar-refractivity contribution in [3.8, 4) is 17.6 Å². The zero-order valence-electron chi connectivity index (χ0n) is 19.2. The summed E-state index contributed by atoms with van der Waals surface area (Å²) in [6.07, 6.45) is 4.87. The molecule has 16 nitrogen and oxygen atoms in total. The smallest absolute Gasteiger partial charge is 0.258 e. The van der Waals surface area contributed by atoms with Crippen LogP contribution in [0.4, 0.5) is 0 Å². The number of nitrogens with zero attached hydrogens (tertiary/aromatic N) is 5. The Hall–Kier alpha value is -4.00. The van der Waals surface area contributed by atoms with Crippen LogP contribution in [0.15, 0.2) is 40.8 Å². The first-order chi connectivity index (χ1) is 18.2. The second kappa shape index (κ2) is 9.08. The number of hydrogen-bond donors (Lipinski definition) is 3. The molecular formula is C20H18N8O8S2. The fourth-order valence-electron chi connectivity index (χ4n) is 3.94. The molecular weight excluding hydrogens is 544 g/mol. The number of sulfonamides is 2. The SMILES string of the molecule is O=C1NC(c2cnc3c(c2)S(=O)(=O)NCCO3)COc2nc(C3COc4ncncc4S(=O)(=O)N3)ncc21. The molecule has 0 saturated carbocycles. The van der Waals surface area contributed by atoms with Gasteiger partial charge in [-0.1, -0.05) is 0 Å². The molecule has 2 atom stereocenters. The summed E-state index contributed by atoms with van der Waals surface area (Å²) in [6.45, 7) is -0.0880. The number of fused-ring (bicyclic) bond motifs is 3. The van der Waals surface area contributed by atoms with Crippen molar-refractivity contribution in [2.45, 2.75) is 21.9 Å². The molecule has 6 rings (SSSR count). The standard InChI is InChI=1S/C20H18N8O8S2/c29-17-11-5-22-16(13-8-36-20-15(6-21-9-24-20)38(32,33)28-13)27-18(11)35-7-12(26-17)10-3-14-19(23-4-10)34-2-1-25-37(14,30)31/h3-6,9,12-13,25,28H,1-2,7-8H2,(H,26,29). The summed E-state index contributed by atoms with van der Waals surface area (Å²) >= 11 is 0. The molecule has 0 spiro atoms. The number of carbonyl (C=O) groups is 1. The Bertz CT molecular complexity index is 1670. The summed E-state index contributed by atoms with van der Waals surface area (Å²) in [5.74, 6) is -0.821. The number of amides is 1. The van der Waals surface area contributed by atoms with E-state index in [1.54, 1.807) is 0 Å². The quantitative estimate of drug-likeness (QED) is 0.328. The van der Waals surface area contributed by atoms with Gasteiger partial charge in [0.1, 0.15) is 42.6 Å². The van der Waals surface area contributed by atoms with Crippen LogP contribution >= 0.6 is 0 Å². The van der Waals surface area contributed by atoms with Crippen LogP contribution < -0.4 is 29.0 Å². The van der Waals surface area contributed by atoms with Crippen LogP contribution in [0.2, 0.25) is 0 Å². The largest absolute Gasteiger partial charge is 0.475 e. The third kappa shape index (κ3) is 4.36. The van der Waals surface area contributed by atoms with Gasteiger partial charge in [-0.2, -0.15) is 9.71 Å². The van der Waals surface area contributed by atoms with Gasteiger partial charge in [-0.25, -0.2) is 41.5 Å². The summed E-state index contributed by atoms with van der Waals surface area (Å²) in [7, 11) is -7.91. The van der Waals surface area contributed by atoms with Crippen molar-refractivity contribution in [3.63, 3.8) is 0 Å². The van der Waals surface area contributed by atoms with Gasteiger partial charge < -0.3 is 19.5 Å². The summed E-state index contributed by atoms with van der Waals surface area (Å²) < 4.78 is 72.1. The van der Waals surface area contributed by atoms with Crippen LogP contribution in [0.5, 0.6) is 17.6 Å². The highest BCUT2D eigenvalue weighted by Crippen LogP contribution is 2.30. The molecule has 0 saturated heterocycles. The normalized spacial score (nSPS) is 23.3. The summed E-state index contributed by atoms with van der Waals surface area (Å²) in [4.78, 5) is 32.7. The van der Waals surface area contributed by atoms with Crippen molar-refractivity contribution in [3.05, 3.63) is 47.9 Å². The first-order valence-electron chi connectivity index (χ1n) is 11.1. The number of ether oxygens (including phenoxy) is 3. The highest BCUT2D eigenvalue weighted by molar-refractivity contribution is 7.90. The molecule has 3 aromatic rings. The van der Waals surface area contributed by atoms with Gasteiger partial charge in [-0.3, -0.25) is 4.79 Å². The highest BCUT2D eigenvalue weighted by Gasteiger charge is 2.34. The van der Waals surface area contributed by atoms with Gasteiger partial charge in [0.25, 0.3) is 5.91 Å². The van der Waals surface area contributed by atoms with Crippen molar-refractivity contribution in [1.82, 2.24) is 39.7 Å². The number of carbonyl (C=O) groups excluding carboxylic acids is 1. The molecule has 3 aliphatic heterocycles. The molecule has 3 N–H and O–H groups in total. The molecule has 3 aliphatic rings. The minimum absolute atomic E-state index is 0.000328. The van der Waals surface area contributed by atoms with Crippen LogP contribution in [-0.4, -0.2) is 74.0 Å². The number of nitrogens with one attached hydrogen (secondary N) is 3. The average Bonchev–Trinajstić information content (AvgIpc) is 3.23. The van der Waals surface area contributed by atoms with E-state index in [1.807, 2.05) is 0 Å². The van der Waals surface area contributed by atoms with E-state index in [0.29, 0.717) is 5.56 Å². The van der Waals surface area contributed by atoms with Crippen molar-refractivity contribution >= 4 is 26.0 Å². The molecule has 0 bridgehead atoms. The van der Waals surface area contributed by atoms with Gasteiger partial charge in [-0.05, 0) is 11.6 Å². The van der Waals surface area contributed by atoms with Gasteiger partial charge in [0.2, 0.25) is 37.7 Å². The molecule has 6 heterocycles. The topological polar surface area (TPSA) is 214 Å². The maximum atomic E-state index is 13.0. The van der Waals surface area contributed by atoms with E-state index in [9.17, 15) is 21.6 Å². The Morgan fingerprint density at radius 3 is 2.50 bits per heavy atom. The third-order valence-electron chi connectivity index (χ3n) is 5.80. The Kier molecular flexibility index (Phi) is 5.82. The second-order valence-electron chi connectivity index (χ2n) is 8.28. The first-order valence-corrected chi connectivity index (χ1v) is 14.1. The Morgan fingerprint density at radius 1 is 0.842 bits per heavy atom. The first kappa shape index (κ1) is 24.3. The number of rotatable bonds is 2. The van der Waals surface area contributed by atoms with Crippen LogP contribution in [0.25, 0.3) is 0 Å². The van der Waals surface area contributed by atoms with E-state index in [0.717, 1.165) is 12.5 Å². The average molecular weight is 563 g/mol. The fraction of sp³-hybridized carbons (Fsp3) is 0.300. The van der Waals surface area contributed by atoms with Gasteiger partial charge in [0, 0.05) is 18.9 Å². The van der Waals surface area contributed by atoms with E-state index in [4.69, 9.17) is 14.2 Å². The van der Waals surface area contributed by atoms with E-state index < -0.39 is 38.0 Å². The minimum Gasteiger partial charge on any atom is -0.475 e. The van der Waals surface area contributed by atoms with E-state index in [2.05, 4.69) is 39.7 Å². The minimum atomic E-state index is -4.05. The van der Waals surface area contributed by atoms with Crippen molar-refractivity contribution in [2.24, 2.45) is 0 Å². The lowest BCUT2D eigenvalue weighted by Crippen LogP contribution is -2.31. The Balaban J connectivity index is 1.27. The van der Waals surface area contributed by atoms with Crippen molar-refractivity contribution in [1.29, 1.82) is 0 Å². The van der Waals surface area contributed by atoms with Gasteiger partial charge in [0.15, 0.2) is 10.7 Å². The second-order valence-corrected chi connectivity index (χ2v) is 11.7. The van der Waals surface area contributed by atoms with Crippen LogP contribution in [0, 0.1) is 0 Å². The monoisotopic (exact) mass is 562 g/mol. The number of aromatic nitrogens is 5. The summed E-state index contributed by atoms with van der Waals surface area (Å²) in [5, 5.41) is 2.74. The van der Waals surface area contributed by atoms with Crippen LogP contribution in [0.3, 0.4) is 0 Å². The highest BCUT2D eigenvalue weighted by atomic mass is 32.2. The molecule has 198 valence electrons. The van der Waals surface area contributed by atoms with Crippen molar-refractivity contribution < 1.29 is 35.8 Å². The zero-order chi connectivity index (χ0) is 26.5. The maximum absolute atomic E-state index is 13.0. The van der Waals surface area contributed by atoms with Gasteiger partial charge in [0.05, 0.1) is 12.2 Å². The van der Waals surface area contributed by atoms with Gasteiger partial charge >= 0.3 is 0 Å².